The standard InChI is InChI=1S/C12H11BrN2O2S/c13-12-15-10(11(14)16)9(18-12)7-17-6-8-4-2-1-3-5-8/h1-5H,6-7H2,(H2,14,16). The first-order valence-electron chi connectivity index (χ1n) is 5.23. The van der Waals surface area contributed by atoms with E-state index in [-0.39, 0.29) is 5.69 Å². The second-order valence-electron chi connectivity index (χ2n) is 3.58. The predicted molar refractivity (Wildman–Crippen MR) is 73.3 cm³/mol. The molecular formula is C12H11BrN2O2S. The lowest BCUT2D eigenvalue weighted by Gasteiger charge is -2.03. The highest BCUT2D eigenvalue weighted by Gasteiger charge is 2.14. The number of nitrogens with two attached hydrogens (primary N) is 1. The van der Waals surface area contributed by atoms with Crippen LogP contribution in [0.15, 0.2) is 34.2 Å². The SMILES string of the molecule is NC(=O)c1nc(Br)sc1COCc1ccccc1. The summed E-state index contributed by atoms with van der Waals surface area (Å²) < 4.78 is 6.19. The largest absolute Gasteiger partial charge is 0.371 e. The fraction of sp³-hybridized carbons (Fsp3) is 0.167. The molecule has 0 radical (unpaired) electrons. The van der Waals surface area contributed by atoms with Crippen LogP contribution < -0.4 is 5.73 Å². The molecule has 94 valence electrons. The summed E-state index contributed by atoms with van der Waals surface area (Å²) in [4.78, 5) is 15.9. The maximum atomic E-state index is 11.2. The Balaban J connectivity index is 1.96. The molecule has 0 aliphatic carbocycles. The van der Waals surface area contributed by atoms with Crippen molar-refractivity contribution in [3.63, 3.8) is 0 Å². The van der Waals surface area contributed by atoms with Crippen LogP contribution in [0, 0.1) is 0 Å². The zero-order valence-electron chi connectivity index (χ0n) is 9.43. The van der Waals surface area contributed by atoms with E-state index in [0.29, 0.717) is 17.1 Å². The third kappa shape index (κ3) is 3.38. The molecule has 1 aromatic carbocycles. The number of hydrogen-bond acceptors (Lipinski definition) is 4. The molecule has 0 aliphatic rings. The number of carbonyl (C=O) groups is 1. The van der Waals surface area contributed by atoms with Crippen LogP contribution in [0.25, 0.3) is 0 Å². The van der Waals surface area contributed by atoms with Gasteiger partial charge in [0.25, 0.3) is 5.91 Å². The molecule has 1 aromatic heterocycles. The van der Waals surface area contributed by atoms with Gasteiger partial charge in [-0.1, -0.05) is 30.3 Å². The maximum absolute atomic E-state index is 11.2. The fourth-order valence-electron chi connectivity index (χ4n) is 1.45. The molecule has 0 saturated carbocycles. The van der Waals surface area contributed by atoms with Gasteiger partial charge in [0.05, 0.1) is 18.1 Å². The number of thiazole rings is 1. The van der Waals surface area contributed by atoms with Crippen molar-refractivity contribution >= 4 is 33.2 Å². The molecule has 4 nitrogen and oxygen atoms in total. The summed E-state index contributed by atoms with van der Waals surface area (Å²) in [6.45, 7) is 0.824. The Labute approximate surface area is 117 Å². The average molecular weight is 327 g/mol. The molecule has 2 aromatic rings. The van der Waals surface area contributed by atoms with Crippen LogP contribution in [0.3, 0.4) is 0 Å². The molecule has 0 atom stereocenters. The second-order valence-corrected chi connectivity index (χ2v) is 5.94. The summed E-state index contributed by atoms with van der Waals surface area (Å²) in [5.74, 6) is -0.532. The molecule has 6 heteroatoms. The Bertz CT molecular complexity index is 542. The van der Waals surface area contributed by atoms with Crippen LogP contribution in [0.1, 0.15) is 20.9 Å². The third-order valence-electron chi connectivity index (χ3n) is 2.25. The van der Waals surface area contributed by atoms with Crippen LogP contribution >= 0.6 is 27.3 Å². The molecule has 0 bridgehead atoms. The van der Waals surface area contributed by atoms with Crippen LogP contribution in [0.2, 0.25) is 0 Å². The summed E-state index contributed by atoms with van der Waals surface area (Å²) in [5.41, 5.74) is 6.60. The van der Waals surface area contributed by atoms with Gasteiger partial charge in [-0.05, 0) is 21.5 Å². The molecule has 0 unspecified atom stereocenters. The fourth-order valence-corrected chi connectivity index (χ4v) is 2.94. The van der Waals surface area contributed by atoms with Crippen LogP contribution in [-0.2, 0) is 18.0 Å². The monoisotopic (exact) mass is 326 g/mol. The van der Waals surface area contributed by atoms with Gasteiger partial charge in [0.1, 0.15) is 5.69 Å². The van der Waals surface area contributed by atoms with Crippen molar-refractivity contribution in [3.8, 4) is 0 Å². The maximum Gasteiger partial charge on any atom is 0.268 e. The summed E-state index contributed by atoms with van der Waals surface area (Å²) in [7, 11) is 0. The Morgan fingerprint density at radius 3 is 2.72 bits per heavy atom. The first-order chi connectivity index (χ1) is 8.66. The van der Waals surface area contributed by atoms with Gasteiger partial charge in [-0.25, -0.2) is 4.98 Å². The molecule has 1 heterocycles. The van der Waals surface area contributed by atoms with Gasteiger partial charge in [0.2, 0.25) is 0 Å². The summed E-state index contributed by atoms with van der Waals surface area (Å²) in [6, 6.07) is 9.83. The van der Waals surface area contributed by atoms with E-state index in [9.17, 15) is 4.79 Å². The number of rotatable bonds is 5. The van der Waals surface area contributed by atoms with E-state index in [1.165, 1.54) is 11.3 Å². The quantitative estimate of drug-likeness (QED) is 0.918. The lowest BCUT2D eigenvalue weighted by atomic mass is 10.2. The van der Waals surface area contributed by atoms with Gasteiger partial charge in [-0.15, -0.1) is 11.3 Å². The van der Waals surface area contributed by atoms with Crippen LogP contribution in [0.5, 0.6) is 0 Å². The lowest BCUT2D eigenvalue weighted by Crippen LogP contribution is -2.13. The Morgan fingerprint density at radius 1 is 1.33 bits per heavy atom. The molecule has 1 amide bonds. The summed E-state index contributed by atoms with van der Waals surface area (Å²) in [5, 5.41) is 0. The third-order valence-corrected chi connectivity index (χ3v) is 3.73. The first-order valence-corrected chi connectivity index (χ1v) is 6.84. The number of amides is 1. The number of benzene rings is 1. The van der Waals surface area contributed by atoms with Gasteiger partial charge in [0, 0.05) is 0 Å². The van der Waals surface area contributed by atoms with E-state index in [0.717, 1.165) is 10.4 Å². The molecule has 18 heavy (non-hydrogen) atoms. The number of hydrogen-bond donors (Lipinski definition) is 1. The van der Waals surface area contributed by atoms with E-state index >= 15 is 0 Å². The lowest BCUT2D eigenvalue weighted by molar-refractivity contribution is 0.0968. The first kappa shape index (κ1) is 13.2. The number of primary amides is 1. The Hall–Kier alpha value is -1.24. The van der Waals surface area contributed by atoms with Crippen LogP contribution in [-0.4, -0.2) is 10.9 Å². The van der Waals surface area contributed by atoms with E-state index in [2.05, 4.69) is 20.9 Å². The Kier molecular flexibility index (Phi) is 4.46. The van der Waals surface area contributed by atoms with Crippen molar-refractivity contribution in [2.24, 2.45) is 5.73 Å². The zero-order valence-corrected chi connectivity index (χ0v) is 11.8. The van der Waals surface area contributed by atoms with E-state index in [1.54, 1.807) is 0 Å². The van der Waals surface area contributed by atoms with Gasteiger partial charge in [-0.2, -0.15) is 0 Å². The van der Waals surface area contributed by atoms with Gasteiger partial charge < -0.3 is 10.5 Å². The van der Waals surface area contributed by atoms with Crippen molar-refractivity contribution < 1.29 is 9.53 Å². The summed E-state index contributed by atoms with van der Waals surface area (Å²) in [6.07, 6.45) is 0. The second kappa shape index (κ2) is 6.08. The average Bonchev–Trinajstić information content (AvgIpc) is 2.72. The smallest absolute Gasteiger partial charge is 0.268 e. The molecular weight excluding hydrogens is 316 g/mol. The molecule has 2 rings (SSSR count). The number of nitrogens with zero attached hydrogens (tertiary/aromatic N) is 1. The number of halogens is 1. The topological polar surface area (TPSA) is 65.2 Å². The summed E-state index contributed by atoms with van der Waals surface area (Å²) >= 11 is 4.59. The van der Waals surface area contributed by atoms with Crippen molar-refractivity contribution in [2.45, 2.75) is 13.2 Å². The highest BCUT2D eigenvalue weighted by atomic mass is 79.9. The van der Waals surface area contributed by atoms with Crippen molar-refractivity contribution in [2.75, 3.05) is 0 Å². The minimum absolute atomic E-state index is 0.278. The minimum atomic E-state index is -0.532. The molecule has 0 aliphatic heterocycles. The number of ether oxygens (including phenoxy) is 1. The Morgan fingerprint density at radius 2 is 2.06 bits per heavy atom. The van der Waals surface area contributed by atoms with E-state index < -0.39 is 5.91 Å². The molecule has 2 N–H and O–H groups in total. The molecule has 0 spiro atoms. The highest BCUT2D eigenvalue weighted by Crippen LogP contribution is 2.24. The van der Waals surface area contributed by atoms with Crippen molar-refractivity contribution in [3.05, 3.63) is 50.4 Å². The van der Waals surface area contributed by atoms with Gasteiger partial charge in [0.15, 0.2) is 3.92 Å². The van der Waals surface area contributed by atoms with E-state index in [4.69, 9.17) is 10.5 Å². The normalized spacial score (nSPS) is 10.5. The van der Waals surface area contributed by atoms with Gasteiger partial charge >= 0.3 is 0 Å². The van der Waals surface area contributed by atoms with Crippen LogP contribution in [0.4, 0.5) is 0 Å². The number of aromatic nitrogens is 1. The molecule has 0 saturated heterocycles. The number of carbonyl (C=O) groups excluding carboxylic acids is 1. The van der Waals surface area contributed by atoms with Crippen molar-refractivity contribution in [1.82, 2.24) is 4.98 Å². The minimum Gasteiger partial charge on any atom is -0.371 e. The zero-order chi connectivity index (χ0) is 13.0. The van der Waals surface area contributed by atoms with E-state index in [1.807, 2.05) is 30.3 Å². The molecule has 0 fully saturated rings. The van der Waals surface area contributed by atoms with Crippen molar-refractivity contribution in [1.29, 1.82) is 0 Å². The van der Waals surface area contributed by atoms with Gasteiger partial charge in [-0.3, -0.25) is 4.79 Å². The highest BCUT2D eigenvalue weighted by molar-refractivity contribution is 9.11. The predicted octanol–water partition coefficient (Wildman–Crippen LogP) is 2.72.